The lowest BCUT2D eigenvalue weighted by Gasteiger charge is -2.09. The number of nitrogens with one attached hydrogen (secondary N) is 1. The number of hydrogen-bond donors (Lipinski definition) is 1. The van der Waals surface area contributed by atoms with Crippen LogP contribution >= 0.6 is 0 Å². The van der Waals surface area contributed by atoms with Gasteiger partial charge in [-0.05, 0) is 38.3 Å². The lowest BCUT2D eigenvalue weighted by atomic mass is 10.1. The quantitative estimate of drug-likeness (QED) is 0.830. The Morgan fingerprint density at radius 1 is 1.33 bits per heavy atom. The number of rotatable bonds is 4. The maximum Gasteiger partial charge on any atom is 0.309 e. The summed E-state index contributed by atoms with van der Waals surface area (Å²) in [6, 6.07) is 5.77. The van der Waals surface area contributed by atoms with Gasteiger partial charge in [0.25, 0.3) is 5.91 Å². The molecule has 96 valence electrons. The van der Waals surface area contributed by atoms with E-state index in [4.69, 9.17) is 4.74 Å². The van der Waals surface area contributed by atoms with E-state index in [1.807, 2.05) is 32.0 Å². The van der Waals surface area contributed by atoms with Gasteiger partial charge < -0.3 is 10.1 Å². The zero-order chi connectivity index (χ0) is 13.1. The topological polar surface area (TPSA) is 55.4 Å². The fourth-order valence-electron chi connectivity index (χ4n) is 1.71. The van der Waals surface area contributed by atoms with E-state index < -0.39 is 0 Å². The second-order valence-electron chi connectivity index (χ2n) is 4.75. The molecule has 0 bridgehead atoms. The van der Waals surface area contributed by atoms with Crippen molar-refractivity contribution in [2.24, 2.45) is 5.92 Å². The summed E-state index contributed by atoms with van der Waals surface area (Å²) >= 11 is 0. The largest absolute Gasteiger partial charge is 0.455 e. The number of hydrogen-bond acceptors (Lipinski definition) is 3. The first-order valence-corrected chi connectivity index (χ1v) is 6.10. The molecule has 1 amide bonds. The van der Waals surface area contributed by atoms with Crippen molar-refractivity contribution in [1.29, 1.82) is 0 Å². The molecule has 1 saturated carbocycles. The van der Waals surface area contributed by atoms with Crippen molar-refractivity contribution in [3.8, 4) is 0 Å². The summed E-state index contributed by atoms with van der Waals surface area (Å²) in [5.41, 5.74) is 2.90. The molecule has 0 radical (unpaired) electrons. The number of carbonyl (C=O) groups is 2. The first-order chi connectivity index (χ1) is 8.56. The molecule has 0 aliphatic heterocycles. The van der Waals surface area contributed by atoms with Crippen molar-refractivity contribution in [2.75, 3.05) is 11.9 Å². The predicted octanol–water partition coefficient (Wildman–Crippen LogP) is 2.20. The summed E-state index contributed by atoms with van der Waals surface area (Å²) < 4.78 is 4.91. The summed E-state index contributed by atoms with van der Waals surface area (Å²) in [7, 11) is 0. The van der Waals surface area contributed by atoms with E-state index in [9.17, 15) is 9.59 Å². The van der Waals surface area contributed by atoms with Gasteiger partial charge in [0.15, 0.2) is 6.61 Å². The van der Waals surface area contributed by atoms with Gasteiger partial charge in [-0.1, -0.05) is 17.7 Å². The van der Waals surface area contributed by atoms with Gasteiger partial charge in [0, 0.05) is 5.69 Å². The molecule has 1 aliphatic carbocycles. The summed E-state index contributed by atoms with van der Waals surface area (Å²) in [5.74, 6) is -0.527. The Morgan fingerprint density at radius 2 is 2.06 bits per heavy atom. The summed E-state index contributed by atoms with van der Waals surface area (Å²) in [6.07, 6.45) is 1.77. The molecular weight excluding hydrogens is 230 g/mol. The highest BCUT2D eigenvalue weighted by molar-refractivity contribution is 5.93. The van der Waals surface area contributed by atoms with E-state index in [2.05, 4.69) is 5.32 Å². The van der Waals surface area contributed by atoms with Crippen LogP contribution in [-0.2, 0) is 14.3 Å². The van der Waals surface area contributed by atoms with E-state index in [0.29, 0.717) is 0 Å². The maximum absolute atomic E-state index is 11.6. The standard InChI is InChI=1S/C14H17NO3/c1-9-3-6-12(10(2)7-9)15-13(16)8-18-14(17)11-4-5-11/h3,6-7,11H,4-5,8H2,1-2H3,(H,15,16). The van der Waals surface area contributed by atoms with Crippen LogP contribution in [0.5, 0.6) is 0 Å². The third kappa shape index (κ3) is 3.32. The number of anilines is 1. The number of aryl methyl sites for hydroxylation is 2. The van der Waals surface area contributed by atoms with E-state index in [1.165, 1.54) is 0 Å². The molecule has 0 atom stereocenters. The molecule has 0 aromatic heterocycles. The average molecular weight is 247 g/mol. The molecule has 18 heavy (non-hydrogen) atoms. The van der Waals surface area contributed by atoms with E-state index in [-0.39, 0.29) is 24.4 Å². The molecule has 0 heterocycles. The zero-order valence-electron chi connectivity index (χ0n) is 10.7. The Hall–Kier alpha value is -1.84. The van der Waals surface area contributed by atoms with Crippen molar-refractivity contribution in [2.45, 2.75) is 26.7 Å². The summed E-state index contributed by atoms with van der Waals surface area (Å²) in [4.78, 5) is 22.9. The Bertz CT molecular complexity index is 478. The van der Waals surface area contributed by atoms with Crippen LogP contribution in [0, 0.1) is 19.8 Å². The van der Waals surface area contributed by atoms with Crippen molar-refractivity contribution in [3.63, 3.8) is 0 Å². The lowest BCUT2D eigenvalue weighted by Crippen LogP contribution is -2.21. The fraction of sp³-hybridized carbons (Fsp3) is 0.429. The van der Waals surface area contributed by atoms with Crippen LogP contribution in [0.15, 0.2) is 18.2 Å². The second kappa shape index (κ2) is 5.21. The van der Waals surface area contributed by atoms with Gasteiger partial charge in [-0.25, -0.2) is 0 Å². The second-order valence-corrected chi connectivity index (χ2v) is 4.75. The highest BCUT2D eigenvalue weighted by Crippen LogP contribution is 2.29. The van der Waals surface area contributed by atoms with Crippen molar-refractivity contribution < 1.29 is 14.3 Å². The highest BCUT2D eigenvalue weighted by Gasteiger charge is 2.31. The monoisotopic (exact) mass is 247 g/mol. The predicted molar refractivity (Wildman–Crippen MR) is 68.2 cm³/mol. The van der Waals surface area contributed by atoms with Gasteiger partial charge in [0.2, 0.25) is 0 Å². The Morgan fingerprint density at radius 3 is 2.67 bits per heavy atom. The summed E-state index contributed by atoms with van der Waals surface area (Å²) in [6.45, 7) is 3.72. The maximum atomic E-state index is 11.6. The molecule has 0 unspecified atom stereocenters. The molecular formula is C14H17NO3. The Balaban J connectivity index is 1.84. The van der Waals surface area contributed by atoms with E-state index >= 15 is 0 Å². The molecule has 4 heteroatoms. The minimum atomic E-state index is -0.295. The first-order valence-electron chi connectivity index (χ1n) is 6.10. The lowest BCUT2D eigenvalue weighted by molar-refractivity contribution is -0.148. The molecule has 1 aromatic rings. The number of amides is 1. The number of carbonyl (C=O) groups excluding carboxylic acids is 2. The van der Waals surface area contributed by atoms with Crippen molar-refractivity contribution >= 4 is 17.6 Å². The molecule has 4 nitrogen and oxygen atoms in total. The first kappa shape index (κ1) is 12.6. The molecule has 0 spiro atoms. The molecule has 1 N–H and O–H groups in total. The van der Waals surface area contributed by atoms with Gasteiger partial charge >= 0.3 is 5.97 Å². The van der Waals surface area contributed by atoms with E-state index in [0.717, 1.165) is 29.7 Å². The Labute approximate surface area is 106 Å². The molecule has 1 aliphatic rings. The average Bonchev–Trinajstić information content (AvgIpc) is 3.14. The SMILES string of the molecule is Cc1ccc(NC(=O)COC(=O)C2CC2)c(C)c1. The molecule has 2 rings (SSSR count). The minimum absolute atomic E-state index is 0.0268. The number of benzene rings is 1. The van der Waals surface area contributed by atoms with Gasteiger partial charge in [-0.3, -0.25) is 9.59 Å². The molecule has 0 saturated heterocycles. The van der Waals surface area contributed by atoms with Crippen LogP contribution in [-0.4, -0.2) is 18.5 Å². The third-order valence-electron chi connectivity index (χ3n) is 2.91. The van der Waals surface area contributed by atoms with Crippen LogP contribution in [0.2, 0.25) is 0 Å². The van der Waals surface area contributed by atoms with Crippen LogP contribution < -0.4 is 5.32 Å². The fourth-order valence-corrected chi connectivity index (χ4v) is 1.71. The van der Waals surface area contributed by atoms with Crippen LogP contribution in [0.1, 0.15) is 24.0 Å². The summed E-state index contributed by atoms with van der Waals surface area (Å²) in [5, 5.41) is 2.74. The van der Waals surface area contributed by atoms with Gasteiger partial charge in [-0.2, -0.15) is 0 Å². The van der Waals surface area contributed by atoms with Crippen molar-refractivity contribution in [3.05, 3.63) is 29.3 Å². The smallest absolute Gasteiger partial charge is 0.309 e. The number of ether oxygens (including phenoxy) is 1. The van der Waals surface area contributed by atoms with E-state index in [1.54, 1.807) is 0 Å². The van der Waals surface area contributed by atoms with Crippen LogP contribution in [0.25, 0.3) is 0 Å². The minimum Gasteiger partial charge on any atom is -0.455 e. The van der Waals surface area contributed by atoms with Crippen molar-refractivity contribution in [1.82, 2.24) is 0 Å². The Kier molecular flexibility index (Phi) is 3.65. The van der Waals surface area contributed by atoms with Crippen LogP contribution in [0.4, 0.5) is 5.69 Å². The zero-order valence-corrected chi connectivity index (χ0v) is 10.7. The van der Waals surface area contributed by atoms with Gasteiger partial charge in [-0.15, -0.1) is 0 Å². The molecule has 1 aromatic carbocycles. The van der Waals surface area contributed by atoms with Crippen LogP contribution in [0.3, 0.4) is 0 Å². The third-order valence-corrected chi connectivity index (χ3v) is 2.91. The number of esters is 1. The van der Waals surface area contributed by atoms with Gasteiger partial charge in [0.05, 0.1) is 5.92 Å². The molecule has 1 fully saturated rings. The van der Waals surface area contributed by atoms with Gasteiger partial charge in [0.1, 0.15) is 0 Å². The highest BCUT2D eigenvalue weighted by atomic mass is 16.5. The normalized spacial score (nSPS) is 14.1.